The van der Waals surface area contributed by atoms with Crippen LogP contribution in [0.1, 0.15) is 51.6 Å². The summed E-state index contributed by atoms with van der Waals surface area (Å²) in [6.07, 6.45) is 1.27. The summed E-state index contributed by atoms with van der Waals surface area (Å²) in [5.41, 5.74) is 8.61. The fourth-order valence-corrected chi connectivity index (χ4v) is 3.50. The Morgan fingerprint density at radius 3 is 2.70 bits per heavy atom. The maximum atomic E-state index is 10.4. The molecule has 0 aliphatic carbocycles. The third kappa shape index (κ3) is 2.44. The van der Waals surface area contributed by atoms with Gasteiger partial charge in [0.2, 0.25) is 0 Å². The average molecular weight is 368 g/mol. The molecule has 0 radical (unpaired) electrons. The van der Waals surface area contributed by atoms with Crippen molar-refractivity contribution in [1.82, 2.24) is 19.5 Å². The molecule has 3 heterocycles. The number of phenols is 1. The molecule has 4 aromatic rings. The molecule has 0 saturated heterocycles. The Morgan fingerprint density at radius 2 is 1.96 bits per heavy atom. The van der Waals surface area contributed by atoms with Gasteiger partial charge in [0, 0.05) is 26.2 Å². The van der Waals surface area contributed by atoms with Gasteiger partial charge in [-0.25, -0.2) is 15.0 Å². The molecule has 0 unspecified atom stereocenters. The number of rotatable bonds is 2. The van der Waals surface area contributed by atoms with Crippen molar-refractivity contribution in [3.8, 4) is 11.4 Å². The van der Waals surface area contributed by atoms with Crippen LogP contribution in [0.5, 0.6) is 5.75 Å². The summed E-state index contributed by atoms with van der Waals surface area (Å²) in [6, 6.07) is 4.65. The Hall–Kier alpha value is -3.15. The second kappa shape index (κ2) is 5.94. The van der Waals surface area contributed by atoms with Gasteiger partial charge in [-0.2, -0.15) is 0 Å². The SMILES string of the molecule is [2H]C([2H])([2H])C([2H])(c1cc2c3c(N)ncnc3n(-c3c(C)ccc(O)c3C)c2nc1C)C([2H])([2H])[2H]. The third-order valence-corrected chi connectivity index (χ3v) is 4.84. The molecule has 0 spiro atoms. The number of hydrogen-bond donors (Lipinski definition) is 2. The van der Waals surface area contributed by atoms with E-state index in [9.17, 15) is 5.11 Å². The molecular weight excluding hydrogens is 338 g/mol. The van der Waals surface area contributed by atoms with E-state index in [1.54, 1.807) is 23.6 Å². The maximum absolute atomic E-state index is 10.4. The van der Waals surface area contributed by atoms with Crippen molar-refractivity contribution in [1.29, 1.82) is 0 Å². The number of aromatic nitrogens is 4. The number of hydrogen-bond acceptors (Lipinski definition) is 5. The standard InChI is InChI=1S/C21H23N5O/c1-10(2)14-8-15-17-19(22)23-9-24-21(17)26(20(15)25-13(14)5)18-11(3)6-7-16(27)12(18)4/h6-10,27H,1-5H3,(H2,22,23,24)/i1D3,2D3,10D. The topological polar surface area (TPSA) is 89.8 Å². The number of fused-ring (bicyclic) bond motifs is 3. The van der Waals surface area contributed by atoms with Crippen molar-refractivity contribution in [2.24, 2.45) is 0 Å². The van der Waals surface area contributed by atoms with Crippen molar-refractivity contribution in [3.05, 3.63) is 46.9 Å². The normalized spacial score (nSPS) is 16.9. The first-order valence-corrected chi connectivity index (χ1v) is 8.33. The summed E-state index contributed by atoms with van der Waals surface area (Å²) < 4.78 is 57.6. The van der Waals surface area contributed by atoms with Crippen LogP contribution in [0.15, 0.2) is 24.5 Å². The van der Waals surface area contributed by atoms with Crippen molar-refractivity contribution in [3.63, 3.8) is 0 Å². The number of pyridine rings is 1. The fourth-order valence-electron chi connectivity index (χ4n) is 3.50. The second-order valence-electron chi connectivity index (χ2n) is 6.54. The highest BCUT2D eigenvalue weighted by atomic mass is 16.3. The molecule has 0 aliphatic rings. The lowest BCUT2D eigenvalue weighted by Gasteiger charge is -2.15. The van der Waals surface area contributed by atoms with Crippen LogP contribution in [0, 0.1) is 20.8 Å². The molecule has 0 amide bonds. The second-order valence-corrected chi connectivity index (χ2v) is 6.54. The molecular formula is C21H23N5O. The van der Waals surface area contributed by atoms with E-state index in [2.05, 4.69) is 15.0 Å². The van der Waals surface area contributed by atoms with Gasteiger partial charge in [-0.1, -0.05) is 19.8 Å². The van der Waals surface area contributed by atoms with Crippen LogP contribution >= 0.6 is 0 Å². The number of nitrogens with zero attached hydrogens (tertiary/aromatic N) is 4. The summed E-state index contributed by atoms with van der Waals surface area (Å²) in [4.78, 5) is 13.0. The van der Waals surface area contributed by atoms with Gasteiger partial charge in [-0.05, 0) is 49.9 Å². The molecule has 0 saturated carbocycles. The van der Waals surface area contributed by atoms with Crippen LogP contribution in [-0.2, 0) is 0 Å². The number of aromatic hydroxyl groups is 1. The minimum Gasteiger partial charge on any atom is -0.508 e. The van der Waals surface area contributed by atoms with E-state index in [-0.39, 0.29) is 22.8 Å². The van der Waals surface area contributed by atoms with Crippen molar-refractivity contribution in [2.45, 2.75) is 40.4 Å². The first-order valence-electron chi connectivity index (χ1n) is 11.8. The predicted octanol–water partition coefficient (Wildman–Crippen LogP) is 4.31. The summed E-state index contributed by atoms with van der Waals surface area (Å²) >= 11 is 0. The Bertz CT molecular complexity index is 1440. The van der Waals surface area contributed by atoms with E-state index in [4.69, 9.17) is 15.3 Å². The van der Waals surface area contributed by atoms with Crippen molar-refractivity contribution in [2.75, 3.05) is 5.73 Å². The van der Waals surface area contributed by atoms with Crippen LogP contribution in [0.2, 0.25) is 0 Å². The van der Waals surface area contributed by atoms with Gasteiger partial charge < -0.3 is 10.8 Å². The van der Waals surface area contributed by atoms with E-state index >= 15 is 0 Å². The van der Waals surface area contributed by atoms with Gasteiger partial charge in [0.05, 0.1) is 11.1 Å². The predicted molar refractivity (Wildman–Crippen MR) is 109 cm³/mol. The lowest BCUT2D eigenvalue weighted by atomic mass is 10.0. The van der Waals surface area contributed by atoms with Crippen LogP contribution in [0.3, 0.4) is 0 Å². The van der Waals surface area contributed by atoms with Gasteiger partial charge >= 0.3 is 0 Å². The Kier molecular flexibility index (Phi) is 2.39. The van der Waals surface area contributed by atoms with Crippen LogP contribution in [0.25, 0.3) is 27.8 Å². The van der Waals surface area contributed by atoms with E-state index in [0.29, 0.717) is 33.3 Å². The summed E-state index contributed by atoms with van der Waals surface area (Å²) in [5, 5.41) is 11.0. The highest BCUT2D eigenvalue weighted by Crippen LogP contribution is 2.37. The quantitative estimate of drug-likeness (QED) is 0.550. The zero-order chi connectivity index (χ0) is 25.4. The van der Waals surface area contributed by atoms with Gasteiger partial charge in [-0.3, -0.25) is 4.57 Å². The zero-order valence-electron chi connectivity index (χ0n) is 22.1. The highest BCUT2D eigenvalue weighted by molar-refractivity contribution is 6.11. The smallest absolute Gasteiger partial charge is 0.152 e. The molecule has 3 aromatic heterocycles. The molecule has 0 bridgehead atoms. The molecule has 4 rings (SSSR count). The van der Waals surface area contributed by atoms with Gasteiger partial charge in [0.1, 0.15) is 23.5 Å². The first-order chi connectivity index (χ1) is 15.6. The van der Waals surface area contributed by atoms with E-state index < -0.39 is 19.6 Å². The molecule has 6 nitrogen and oxygen atoms in total. The average Bonchev–Trinajstić information content (AvgIpc) is 3.03. The molecule has 0 aliphatic heterocycles. The maximum Gasteiger partial charge on any atom is 0.152 e. The summed E-state index contributed by atoms with van der Waals surface area (Å²) in [5.74, 6) is -2.79. The molecule has 138 valence electrons. The minimum absolute atomic E-state index is 0.0564. The van der Waals surface area contributed by atoms with E-state index in [0.717, 1.165) is 5.56 Å². The third-order valence-electron chi connectivity index (χ3n) is 4.84. The fraction of sp³-hybridized carbons (Fsp3) is 0.286. The Morgan fingerprint density at radius 1 is 1.19 bits per heavy atom. The number of aryl methyl sites for hydroxylation is 2. The van der Waals surface area contributed by atoms with E-state index in [1.807, 2.05) is 6.92 Å². The lowest BCUT2D eigenvalue weighted by molar-refractivity contribution is 0.470. The number of phenolic OH excluding ortho intramolecular Hbond substituents is 1. The molecule has 0 atom stereocenters. The molecule has 0 fully saturated rings. The zero-order valence-corrected chi connectivity index (χ0v) is 15.1. The molecule has 1 aromatic carbocycles. The summed E-state index contributed by atoms with van der Waals surface area (Å²) in [7, 11) is 0. The monoisotopic (exact) mass is 368 g/mol. The largest absolute Gasteiger partial charge is 0.508 e. The van der Waals surface area contributed by atoms with Crippen LogP contribution in [0.4, 0.5) is 5.82 Å². The summed E-state index contributed by atoms with van der Waals surface area (Å²) in [6.45, 7) is -1.29. The molecule has 27 heavy (non-hydrogen) atoms. The van der Waals surface area contributed by atoms with Crippen LogP contribution < -0.4 is 5.73 Å². The number of nitrogens with two attached hydrogens (primary N) is 1. The van der Waals surface area contributed by atoms with E-state index in [1.165, 1.54) is 19.3 Å². The highest BCUT2D eigenvalue weighted by Gasteiger charge is 2.22. The van der Waals surface area contributed by atoms with Gasteiger partial charge in [-0.15, -0.1) is 0 Å². The van der Waals surface area contributed by atoms with Crippen molar-refractivity contribution >= 4 is 27.9 Å². The van der Waals surface area contributed by atoms with Crippen LogP contribution in [-0.4, -0.2) is 24.6 Å². The number of benzene rings is 1. The lowest BCUT2D eigenvalue weighted by Crippen LogP contribution is -2.04. The van der Waals surface area contributed by atoms with Gasteiger partial charge in [0.15, 0.2) is 5.65 Å². The van der Waals surface area contributed by atoms with Crippen molar-refractivity contribution < 1.29 is 14.7 Å². The minimum atomic E-state index is -3.17. The molecule has 6 heteroatoms. The first kappa shape index (κ1) is 10.9. The number of anilines is 1. The Labute approximate surface area is 167 Å². The molecule has 3 N–H and O–H groups in total. The Balaban J connectivity index is 2.23. The van der Waals surface area contributed by atoms with Gasteiger partial charge in [0.25, 0.3) is 0 Å². The number of nitrogen functional groups attached to an aromatic ring is 1.